The van der Waals surface area contributed by atoms with Crippen molar-refractivity contribution in [1.29, 1.82) is 0 Å². The molecule has 1 unspecified atom stereocenters. The highest BCUT2D eigenvalue weighted by atomic mass is 35.5. The first-order valence-electron chi connectivity index (χ1n) is 4.69. The van der Waals surface area contributed by atoms with Crippen LogP contribution < -0.4 is 10.6 Å². The molecule has 0 spiro atoms. The number of hydrogen-bond acceptors (Lipinski definition) is 4. The number of pyridine rings is 1. The summed E-state index contributed by atoms with van der Waals surface area (Å²) >= 11 is 5.78. The minimum absolute atomic E-state index is 0.214. The van der Waals surface area contributed by atoms with Crippen molar-refractivity contribution in [3.8, 4) is 0 Å². The Morgan fingerprint density at radius 1 is 1.67 bits per heavy atom. The Morgan fingerprint density at radius 2 is 2.33 bits per heavy atom. The van der Waals surface area contributed by atoms with Crippen LogP contribution in [0.1, 0.15) is 6.92 Å². The highest BCUT2D eigenvalue weighted by Crippen LogP contribution is 2.23. The third kappa shape index (κ3) is 2.97. The fourth-order valence-corrected chi connectivity index (χ4v) is 1.47. The molecule has 0 radical (unpaired) electrons. The van der Waals surface area contributed by atoms with E-state index in [-0.39, 0.29) is 6.04 Å². The molecular weight excluding hydrogens is 214 g/mol. The number of nitrogens with two attached hydrogens (primary N) is 1. The molecule has 15 heavy (non-hydrogen) atoms. The van der Waals surface area contributed by atoms with Crippen molar-refractivity contribution in [2.45, 2.75) is 13.0 Å². The number of nitrogens with zero attached hydrogens (tertiary/aromatic N) is 2. The molecule has 0 aliphatic carbocycles. The second-order valence-corrected chi connectivity index (χ2v) is 3.92. The van der Waals surface area contributed by atoms with E-state index < -0.39 is 0 Å². The predicted molar refractivity (Wildman–Crippen MR) is 63.4 cm³/mol. The summed E-state index contributed by atoms with van der Waals surface area (Å²) in [5, 5.41) is 0.545. The van der Waals surface area contributed by atoms with Crippen LogP contribution in [0, 0.1) is 0 Å². The third-order valence-corrected chi connectivity index (χ3v) is 2.47. The van der Waals surface area contributed by atoms with Crippen molar-refractivity contribution >= 4 is 23.1 Å². The quantitative estimate of drug-likeness (QED) is 0.855. The van der Waals surface area contributed by atoms with E-state index in [9.17, 15) is 0 Å². The summed E-state index contributed by atoms with van der Waals surface area (Å²) in [5.74, 6) is 0.726. The normalized spacial score (nSPS) is 12.5. The summed E-state index contributed by atoms with van der Waals surface area (Å²) in [4.78, 5) is 6.16. The molecule has 0 aliphatic rings. The standard InChI is InChI=1S/C10H16ClN3O/c1-7(6-15-3)14(2)10-9(12)4-8(11)5-13-10/h4-5,7H,6,12H2,1-3H3. The van der Waals surface area contributed by atoms with Gasteiger partial charge in [-0.05, 0) is 13.0 Å². The zero-order valence-corrected chi connectivity index (χ0v) is 9.95. The maximum absolute atomic E-state index is 5.83. The van der Waals surface area contributed by atoms with Gasteiger partial charge < -0.3 is 15.4 Å². The minimum atomic E-state index is 0.214. The number of nitrogen functional groups attached to an aromatic ring is 1. The average Bonchev–Trinajstić information content (AvgIpc) is 2.17. The van der Waals surface area contributed by atoms with Crippen LogP contribution in [0.5, 0.6) is 0 Å². The van der Waals surface area contributed by atoms with E-state index in [4.69, 9.17) is 22.1 Å². The van der Waals surface area contributed by atoms with Crippen LogP contribution in [0.15, 0.2) is 12.3 Å². The minimum Gasteiger partial charge on any atom is -0.396 e. The third-order valence-electron chi connectivity index (χ3n) is 2.26. The maximum Gasteiger partial charge on any atom is 0.151 e. The van der Waals surface area contributed by atoms with Gasteiger partial charge in [-0.3, -0.25) is 0 Å². The first-order valence-corrected chi connectivity index (χ1v) is 5.06. The van der Waals surface area contributed by atoms with Gasteiger partial charge in [0.15, 0.2) is 5.82 Å². The van der Waals surface area contributed by atoms with Gasteiger partial charge in [-0.25, -0.2) is 4.98 Å². The SMILES string of the molecule is COCC(C)N(C)c1ncc(Cl)cc1N. The molecule has 5 heteroatoms. The van der Waals surface area contributed by atoms with E-state index in [1.54, 1.807) is 19.4 Å². The van der Waals surface area contributed by atoms with Crippen molar-refractivity contribution in [1.82, 2.24) is 4.98 Å². The first kappa shape index (κ1) is 12.1. The van der Waals surface area contributed by atoms with E-state index in [1.165, 1.54) is 0 Å². The van der Waals surface area contributed by atoms with Gasteiger partial charge in [-0.1, -0.05) is 11.6 Å². The van der Waals surface area contributed by atoms with E-state index in [0.29, 0.717) is 17.3 Å². The Morgan fingerprint density at radius 3 is 2.87 bits per heavy atom. The zero-order valence-electron chi connectivity index (χ0n) is 9.20. The Kier molecular flexibility index (Phi) is 4.17. The molecule has 1 aromatic heterocycles. The van der Waals surface area contributed by atoms with Crippen molar-refractivity contribution in [3.05, 3.63) is 17.3 Å². The molecule has 1 aromatic rings. The van der Waals surface area contributed by atoms with Gasteiger partial charge in [0.05, 0.1) is 23.4 Å². The van der Waals surface area contributed by atoms with Crippen LogP contribution in [0.25, 0.3) is 0 Å². The lowest BCUT2D eigenvalue weighted by molar-refractivity contribution is 0.183. The maximum atomic E-state index is 5.83. The van der Waals surface area contributed by atoms with E-state index in [0.717, 1.165) is 5.82 Å². The molecule has 0 bridgehead atoms. The fraction of sp³-hybridized carbons (Fsp3) is 0.500. The number of aromatic nitrogens is 1. The van der Waals surface area contributed by atoms with Crippen LogP contribution in [-0.4, -0.2) is 31.8 Å². The topological polar surface area (TPSA) is 51.4 Å². The molecule has 1 heterocycles. The molecule has 4 nitrogen and oxygen atoms in total. The van der Waals surface area contributed by atoms with Crippen molar-refractivity contribution in [3.63, 3.8) is 0 Å². The van der Waals surface area contributed by atoms with Crippen molar-refractivity contribution in [2.75, 3.05) is 31.4 Å². The molecule has 0 saturated heterocycles. The summed E-state index contributed by atoms with van der Waals surface area (Å²) in [6.45, 7) is 2.67. The van der Waals surface area contributed by atoms with Gasteiger partial charge in [-0.2, -0.15) is 0 Å². The molecule has 0 aromatic carbocycles. The Labute approximate surface area is 95.0 Å². The smallest absolute Gasteiger partial charge is 0.151 e. The number of anilines is 2. The number of rotatable bonds is 4. The number of likely N-dealkylation sites (N-methyl/N-ethyl adjacent to an activating group) is 1. The van der Waals surface area contributed by atoms with Gasteiger partial charge in [0.1, 0.15) is 0 Å². The molecule has 0 fully saturated rings. The van der Waals surface area contributed by atoms with E-state index in [1.807, 2.05) is 18.9 Å². The van der Waals surface area contributed by atoms with Gasteiger partial charge >= 0.3 is 0 Å². The van der Waals surface area contributed by atoms with Crippen LogP contribution in [0.4, 0.5) is 11.5 Å². The second-order valence-electron chi connectivity index (χ2n) is 3.48. The Bertz CT molecular complexity index is 332. The lowest BCUT2D eigenvalue weighted by atomic mass is 10.3. The average molecular weight is 230 g/mol. The van der Waals surface area contributed by atoms with Crippen molar-refractivity contribution < 1.29 is 4.74 Å². The Hall–Kier alpha value is -1.00. The van der Waals surface area contributed by atoms with Crippen LogP contribution in [0.3, 0.4) is 0 Å². The summed E-state index contributed by atoms with van der Waals surface area (Å²) in [6.07, 6.45) is 1.59. The summed E-state index contributed by atoms with van der Waals surface area (Å²) < 4.78 is 5.07. The van der Waals surface area contributed by atoms with Crippen LogP contribution >= 0.6 is 11.6 Å². The van der Waals surface area contributed by atoms with Crippen molar-refractivity contribution in [2.24, 2.45) is 0 Å². The fourth-order valence-electron chi connectivity index (χ4n) is 1.30. The monoisotopic (exact) mass is 229 g/mol. The highest BCUT2D eigenvalue weighted by molar-refractivity contribution is 6.30. The van der Waals surface area contributed by atoms with Gasteiger partial charge in [0.25, 0.3) is 0 Å². The number of methoxy groups -OCH3 is 1. The van der Waals surface area contributed by atoms with Gasteiger partial charge in [-0.15, -0.1) is 0 Å². The second kappa shape index (κ2) is 5.19. The number of halogens is 1. The molecular formula is C10H16ClN3O. The zero-order chi connectivity index (χ0) is 11.4. The van der Waals surface area contributed by atoms with Crippen LogP contribution in [-0.2, 0) is 4.74 Å². The van der Waals surface area contributed by atoms with E-state index >= 15 is 0 Å². The highest BCUT2D eigenvalue weighted by Gasteiger charge is 2.13. The molecule has 0 amide bonds. The molecule has 2 N–H and O–H groups in total. The lowest BCUT2D eigenvalue weighted by Crippen LogP contribution is -2.33. The first-order chi connectivity index (χ1) is 7.06. The van der Waals surface area contributed by atoms with Gasteiger partial charge in [0.2, 0.25) is 0 Å². The number of ether oxygens (including phenoxy) is 1. The Balaban J connectivity index is 2.86. The molecule has 1 atom stereocenters. The summed E-state index contributed by atoms with van der Waals surface area (Å²) in [7, 11) is 3.60. The molecule has 84 valence electrons. The molecule has 0 saturated carbocycles. The van der Waals surface area contributed by atoms with E-state index in [2.05, 4.69) is 4.98 Å². The molecule has 1 rings (SSSR count). The largest absolute Gasteiger partial charge is 0.396 e. The predicted octanol–water partition coefficient (Wildman–Crippen LogP) is 1.79. The van der Waals surface area contributed by atoms with Gasteiger partial charge in [0, 0.05) is 20.4 Å². The summed E-state index contributed by atoms with van der Waals surface area (Å²) in [5.41, 5.74) is 6.40. The summed E-state index contributed by atoms with van der Waals surface area (Å²) in [6, 6.07) is 1.91. The molecule has 0 aliphatic heterocycles. The number of hydrogen-bond donors (Lipinski definition) is 1. The lowest BCUT2D eigenvalue weighted by Gasteiger charge is -2.26. The van der Waals surface area contributed by atoms with Crippen LogP contribution in [0.2, 0.25) is 5.02 Å².